The molecule has 19 heteroatoms. The number of alkyl halides is 2. The predicted octanol–water partition coefficient (Wildman–Crippen LogP) is 1.43. The Labute approximate surface area is 259 Å². The van der Waals surface area contributed by atoms with Gasteiger partial charge in [-0.1, -0.05) is 0 Å². The number of nitro groups is 1. The summed E-state index contributed by atoms with van der Waals surface area (Å²) in [6, 6.07) is 0.518. The van der Waals surface area contributed by atoms with E-state index in [1.165, 1.54) is 0 Å². The molecule has 0 radical (unpaired) electrons. The number of benzene rings is 1. The van der Waals surface area contributed by atoms with Gasteiger partial charge in [0.2, 0.25) is 5.91 Å². The van der Waals surface area contributed by atoms with Crippen molar-refractivity contribution in [2.75, 3.05) is 13.7 Å². The van der Waals surface area contributed by atoms with Crippen molar-refractivity contribution in [1.29, 1.82) is 0 Å². The van der Waals surface area contributed by atoms with Gasteiger partial charge in [-0.3, -0.25) is 34.1 Å². The van der Waals surface area contributed by atoms with E-state index in [2.05, 4.69) is 5.32 Å². The second-order valence-electron chi connectivity index (χ2n) is 9.81. The first-order valence-corrected chi connectivity index (χ1v) is 13.3. The van der Waals surface area contributed by atoms with Gasteiger partial charge in [0.05, 0.1) is 30.1 Å². The van der Waals surface area contributed by atoms with Crippen molar-refractivity contribution < 1.29 is 75.6 Å². The number of hydrogen-bond acceptors (Lipinski definition) is 15. The lowest BCUT2D eigenvalue weighted by Gasteiger charge is -2.48. The third-order valence-corrected chi connectivity index (χ3v) is 6.21. The average Bonchev–Trinajstić information content (AvgIpc) is 2.94. The van der Waals surface area contributed by atoms with Crippen LogP contribution in [0.25, 0.3) is 0 Å². The number of carbonyl (C=O) groups excluding carboxylic acids is 6. The Bertz CT molecular complexity index is 1360. The van der Waals surface area contributed by atoms with E-state index < -0.39 is 113 Å². The summed E-state index contributed by atoms with van der Waals surface area (Å²) in [6.07, 6.45) is -11.3. The highest BCUT2D eigenvalue weighted by atomic mass is 19.3. The molecule has 17 nitrogen and oxygen atoms in total. The standard InChI is InChI=1S/C27H32F2N2O15/c1-12(32)30-22-20(42-14(3)34)10-27(26(37)40-6,45-19-8-7-17(31(38)39)9-18(19)25(28)29)46-24(22)23(44-16(5)36)21(43-15(4)35)11-41-13(2)33/h7-9,20-25H,10-11H2,1-6H3,(H,30,32)/t20?,21-,22-,23-,24?,27?/m1/s1. The highest BCUT2D eigenvalue weighted by Crippen LogP contribution is 2.41. The molecule has 1 heterocycles. The molecular weight excluding hydrogens is 630 g/mol. The highest BCUT2D eigenvalue weighted by Gasteiger charge is 2.60. The number of esters is 5. The van der Waals surface area contributed by atoms with Crippen molar-refractivity contribution in [1.82, 2.24) is 5.32 Å². The van der Waals surface area contributed by atoms with Gasteiger partial charge in [-0.15, -0.1) is 0 Å². The highest BCUT2D eigenvalue weighted by molar-refractivity contribution is 5.79. The number of ether oxygens (including phenoxy) is 7. The number of non-ortho nitro benzene ring substituents is 1. The monoisotopic (exact) mass is 662 g/mol. The Morgan fingerprint density at radius 3 is 2.13 bits per heavy atom. The Kier molecular flexibility index (Phi) is 12.8. The molecule has 46 heavy (non-hydrogen) atoms. The van der Waals surface area contributed by atoms with Gasteiger partial charge in [0.1, 0.15) is 24.6 Å². The summed E-state index contributed by atoms with van der Waals surface area (Å²) in [5.41, 5.74) is -1.79. The van der Waals surface area contributed by atoms with Crippen LogP contribution in [0.3, 0.4) is 0 Å². The number of rotatable bonds is 13. The molecule has 1 fully saturated rings. The molecule has 2 rings (SSSR count). The van der Waals surface area contributed by atoms with E-state index in [0.29, 0.717) is 6.07 Å². The predicted molar refractivity (Wildman–Crippen MR) is 144 cm³/mol. The number of halogens is 2. The van der Waals surface area contributed by atoms with Crippen LogP contribution in [0, 0.1) is 10.1 Å². The summed E-state index contributed by atoms with van der Waals surface area (Å²) in [6.45, 7) is 4.16. The van der Waals surface area contributed by atoms with Gasteiger partial charge >= 0.3 is 35.6 Å². The van der Waals surface area contributed by atoms with Gasteiger partial charge in [0, 0.05) is 46.8 Å². The number of nitrogens with one attached hydrogen (secondary N) is 1. The molecule has 3 unspecified atom stereocenters. The van der Waals surface area contributed by atoms with Gasteiger partial charge in [-0.05, 0) is 6.07 Å². The second kappa shape index (κ2) is 15.9. The molecule has 0 aromatic heterocycles. The summed E-state index contributed by atoms with van der Waals surface area (Å²) in [5, 5.41) is 13.7. The smallest absolute Gasteiger partial charge is 0.379 e. The van der Waals surface area contributed by atoms with E-state index in [9.17, 15) is 47.7 Å². The Morgan fingerprint density at radius 2 is 1.65 bits per heavy atom. The molecule has 0 saturated carbocycles. The number of nitro benzene ring substituents is 1. The van der Waals surface area contributed by atoms with E-state index in [-0.39, 0.29) is 0 Å². The van der Waals surface area contributed by atoms with Crippen LogP contribution in [0.2, 0.25) is 0 Å². The van der Waals surface area contributed by atoms with Crippen LogP contribution in [-0.4, -0.2) is 90.6 Å². The summed E-state index contributed by atoms with van der Waals surface area (Å²) in [7, 11) is 0.863. The number of amides is 1. The van der Waals surface area contributed by atoms with Gasteiger partial charge in [0.25, 0.3) is 12.1 Å². The molecule has 1 saturated heterocycles. The molecule has 0 bridgehead atoms. The maximum atomic E-state index is 14.1. The van der Waals surface area contributed by atoms with Crippen molar-refractivity contribution in [2.24, 2.45) is 0 Å². The van der Waals surface area contributed by atoms with Gasteiger partial charge in [-0.25, -0.2) is 13.6 Å². The van der Waals surface area contributed by atoms with Crippen molar-refractivity contribution in [2.45, 2.75) is 83.7 Å². The molecule has 1 N–H and O–H groups in total. The fourth-order valence-corrected chi connectivity index (χ4v) is 4.59. The van der Waals surface area contributed by atoms with Crippen LogP contribution in [-0.2, 0) is 57.2 Å². The lowest BCUT2D eigenvalue weighted by molar-refractivity contribution is -0.385. The van der Waals surface area contributed by atoms with Gasteiger partial charge < -0.3 is 38.5 Å². The van der Waals surface area contributed by atoms with Crippen LogP contribution in [0.5, 0.6) is 5.75 Å². The molecular formula is C27H32F2N2O15. The number of nitrogens with zero attached hydrogens (tertiary/aromatic N) is 1. The van der Waals surface area contributed by atoms with E-state index in [1.807, 2.05) is 0 Å². The quantitative estimate of drug-likeness (QED) is 0.137. The molecule has 254 valence electrons. The fraction of sp³-hybridized carbons (Fsp3) is 0.556. The molecule has 1 aromatic rings. The Balaban J connectivity index is 2.89. The van der Waals surface area contributed by atoms with Crippen LogP contribution >= 0.6 is 0 Å². The molecule has 1 amide bonds. The minimum absolute atomic E-state index is 0.493. The first-order valence-electron chi connectivity index (χ1n) is 13.3. The number of carbonyl (C=O) groups is 6. The van der Waals surface area contributed by atoms with Crippen LogP contribution < -0.4 is 10.1 Å². The van der Waals surface area contributed by atoms with Crippen LogP contribution in [0.1, 0.15) is 53.0 Å². The van der Waals surface area contributed by atoms with E-state index >= 15 is 0 Å². The first kappa shape index (κ1) is 37.2. The van der Waals surface area contributed by atoms with Crippen molar-refractivity contribution in [3.05, 3.63) is 33.9 Å². The largest absolute Gasteiger partial charge is 0.464 e. The second-order valence-corrected chi connectivity index (χ2v) is 9.81. The minimum atomic E-state index is -3.38. The molecule has 0 spiro atoms. The maximum absolute atomic E-state index is 14.1. The Morgan fingerprint density at radius 1 is 1.02 bits per heavy atom. The first-order chi connectivity index (χ1) is 21.4. The number of hydrogen-bond donors (Lipinski definition) is 1. The van der Waals surface area contributed by atoms with Crippen molar-refractivity contribution in [3.8, 4) is 5.75 Å². The molecule has 1 aromatic carbocycles. The zero-order valence-corrected chi connectivity index (χ0v) is 25.4. The maximum Gasteiger partial charge on any atom is 0.379 e. The van der Waals surface area contributed by atoms with Crippen molar-refractivity contribution in [3.63, 3.8) is 0 Å². The third-order valence-electron chi connectivity index (χ3n) is 6.21. The topological polar surface area (TPSA) is 222 Å². The lowest BCUT2D eigenvalue weighted by Crippen LogP contribution is -2.70. The third kappa shape index (κ3) is 9.78. The van der Waals surface area contributed by atoms with Gasteiger partial charge in [0.15, 0.2) is 12.2 Å². The van der Waals surface area contributed by atoms with E-state index in [1.54, 1.807) is 0 Å². The van der Waals surface area contributed by atoms with E-state index in [0.717, 1.165) is 53.9 Å². The fourth-order valence-electron chi connectivity index (χ4n) is 4.59. The Hall–Kier alpha value is -4.94. The summed E-state index contributed by atoms with van der Waals surface area (Å²) in [5.74, 6) is -9.67. The summed E-state index contributed by atoms with van der Waals surface area (Å²) < 4.78 is 65.7. The van der Waals surface area contributed by atoms with Gasteiger partial charge in [-0.2, -0.15) is 0 Å². The SMILES string of the molecule is COC(=O)C1(Oc2ccc([N+](=O)[O-])cc2C(F)F)CC(OC(C)=O)[C@@H](NC(C)=O)C([C@H](OC(C)=O)[C@@H](COC(C)=O)OC(C)=O)O1. The van der Waals surface area contributed by atoms with E-state index in [4.69, 9.17) is 33.2 Å². The molecule has 1 aliphatic rings. The zero-order chi connectivity index (χ0) is 34.9. The number of methoxy groups -OCH3 is 1. The zero-order valence-electron chi connectivity index (χ0n) is 25.4. The molecule has 6 atom stereocenters. The van der Waals surface area contributed by atoms with Crippen molar-refractivity contribution >= 4 is 41.4 Å². The summed E-state index contributed by atoms with van der Waals surface area (Å²) in [4.78, 5) is 84.2. The average molecular weight is 663 g/mol. The minimum Gasteiger partial charge on any atom is -0.464 e. The lowest BCUT2D eigenvalue weighted by atomic mass is 9.88. The van der Waals surface area contributed by atoms with Crippen LogP contribution in [0.15, 0.2) is 18.2 Å². The molecule has 1 aliphatic heterocycles. The van der Waals surface area contributed by atoms with Crippen LogP contribution in [0.4, 0.5) is 14.5 Å². The normalized spacial score (nSPS) is 22.0. The molecule has 0 aliphatic carbocycles. The summed E-state index contributed by atoms with van der Waals surface area (Å²) >= 11 is 0.